The van der Waals surface area contributed by atoms with E-state index in [0.29, 0.717) is 12.5 Å². The highest BCUT2D eigenvalue weighted by molar-refractivity contribution is 5.67. The smallest absolute Gasteiger partial charge is 0.0465 e. The maximum Gasteiger partial charge on any atom is 0.0465 e. The van der Waals surface area contributed by atoms with Crippen molar-refractivity contribution in [2.24, 2.45) is 5.92 Å². The van der Waals surface area contributed by atoms with Gasteiger partial charge in [-0.2, -0.15) is 0 Å². The third kappa shape index (κ3) is 1.88. The Labute approximate surface area is 85.1 Å². The normalized spacial score (nSPS) is 21.0. The fourth-order valence-corrected chi connectivity index (χ4v) is 2.01. The predicted octanol–water partition coefficient (Wildman–Crippen LogP) is 2.78. The van der Waals surface area contributed by atoms with Crippen LogP contribution in [0.5, 0.6) is 0 Å². The first-order chi connectivity index (χ1) is 6.79. The molecule has 1 aromatic rings. The number of aryl methyl sites for hydroxylation is 1. The van der Waals surface area contributed by atoms with Crippen LogP contribution in [0.15, 0.2) is 30.3 Å². The highest BCUT2D eigenvalue weighted by atomic mass is 16.3. The van der Waals surface area contributed by atoms with Gasteiger partial charge < -0.3 is 5.11 Å². The summed E-state index contributed by atoms with van der Waals surface area (Å²) in [5.74, 6) is 0.450. The molecule has 0 amide bonds. The van der Waals surface area contributed by atoms with Crippen molar-refractivity contribution in [3.8, 4) is 0 Å². The molecular formula is C13H16O. The lowest BCUT2D eigenvalue weighted by atomic mass is 10.0. The maximum absolute atomic E-state index is 9.05. The van der Waals surface area contributed by atoms with Crippen LogP contribution in [0, 0.1) is 12.8 Å². The fraction of sp³-hybridized carbons (Fsp3) is 0.385. The molecular weight excluding hydrogens is 172 g/mol. The Morgan fingerprint density at radius 2 is 2.29 bits per heavy atom. The Balaban J connectivity index is 2.17. The zero-order valence-corrected chi connectivity index (χ0v) is 8.53. The van der Waals surface area contributed by atoms with Gasteiger partial charge in [0.1, 0.15) is 0 Å². The molecule has 0 fully saturated rings. The van der Waals surface area contributed by atoms with Crippen molar-refractivity contribution in [3.63, 3.8) is 0 Å². The molecule has 0 spiro atoms. The van der Waals surface area contributed by atoms with Gasteiger partial charge in [-0.05, 0) is 36.8 Å². The van der Waals surface area contributed by atoms with Gasteiger partial charge in [-0.3, -0.25) is 0 Å². The summed E-state index contributed by atoms with van der Waals surface area (Å²) in [6, 6.07) is 8.57. The molecule has 1 atom stereocenters. The minimum Gasteiger partial charge on any atom is -0.396 e. The quantitative estimate of drug-likeness (QED) is 0.756. The lowest BCUT2D eigenvalue weighted by Crippen LogP contribution is -1.99. The first kappa shape index (κ1) is 9.47. The van der Waals surface area contributed by atoms with Crippen LogP contribution in [-0.4, -0.2) is 11.7 Å². The fourth-order valence-electron chi connectivity index (χ4n) is 2.01. The van der Waals surface area contributed by atoms with Gasteiger partial charge >= 0.3 is 0 Å². The van der Waals surface area contributed by atoms with Crippen molar-refractivity contribution in [2.45, 2.75) is 19.8 Å². The van der Waals surface area contributed by atoms with Crippen LogP contribution in [-0.2, 0) is 0 Å². The summed E-state index contributed by atoms with van der Waals surface area (Å²) in [4.78, 5) is 0. The molecule has 1 unspecified atom stereocenters. The van der Waals surface area contributed by atoms with Gasteiger partial charge in [0.2, 0.25) is 0 Å². The summed E-state index contributed by atoms with van der Waals surface area (Å²) < 4.78 is 0. The second kappa shape index (κ2) is 3.97. The molecule has 1 N–H and O–H groups in total. The van der Waals surface area contributed by atoms with Crippen molar-refractivity contribution in [1.29, 1.82) is 0 Å². The van der Waals surface area contributed by atoms with E-state index in [4.69, 9.17) is 5.11 Å². The first-order valence-corrected chi connectivity index (χ1v) is 5.16. The van der Waals surface area contributed by atoms with E-state index in [1.807, 2.05) is 0 Å². The number of benzene rings is 1. The van der Waals surface area contributed by atoms with Gasteiger partial charge in [-0.1, -0.05) is 35.9 Å². The number of allylic oxidation sites excluding steroid dienone is 2. The van der Waals surface area contributed by atoms with Crippen LogP contribution in [0.4, 0.5) is 0 Å². The summed E-state index contributed by atoms with van der Waals surface area (Å²) in [6.45, 7) is 2.42. The van der Waals surface area contributed by atoms with E-state index in [1.54, 1.807) is 0 Å². The van der Waals surface area contributed by atoms with Crippen LogP contribution < -0.4 is 0 Å². The van der Waals surface area contributed by atoms with Gasteiger partial charge in [0, 0.05) is 6.61 Å². The third-order valence-electron chi connectivity index (χ3n) is 2.85. The molecule has 0 aliphatic heterocycles. The van der Waals surface area contributed by atoms with E-state index in [9.17, 15) is 0 Å². The second-order valence-electron chi connectivity index (χ2n) is 4.09. The lowest BCUT2D eigenvalue weighted by molar-refractivity contribution is 0.234. The van der Waals surface area contributed by atoms with Gasteiger partial charge in [-0.25, -0.2) is 0 Å². The summed E-state index contributed by atoms with van der Waals surface area (Å²) in [5, 5.41) is 9.05. The number of rotatable bonds is 2. The molecule has 0 aromatic heterocycles. The summed E-state index contributed by atoms with van der Waals surface area (Å²) in [7, 11) is 0. The van der Waals surface area contributed by atoms with Crippen LogP contribution in [0.25, 0.3) is 5.57 Å². The standard InChI is InChI=1S/C13H16O/c1-10-3-2-4-12(7-10)13-6-5-11(8-13)9-14/h2-4,6-7,11,14H,5,8-9H2,1H3. The molecule has 0 heterocycles. The number of aliphatic hydroxyl groups excluding tert-OH is 1. The monoisotopic (exact) mass is 188 g/mol. The number of aliphatic hydroxyl groups is 1. The van der Waals surface area contributed by atoms with Crippen molar-refractivity contribution in [1.82, 2.24) is 0 Å². The Morgan fingerprint density at radius 3 is 2.93 bits per heavy atom. The SMILES string of the molecule is Cc1cccc(C2=CCC(CO)C2)c1. The molecule has 2 rings (SSSR count). The van der Waals surface area contributed by atoms with Gasteiger partial charge in [0.15, 0.2) is 0 Å². The average Bonchev–Trinajstić information content (AvgIpc) is 2.66. The highest BCUT2D eigenvalue weighted by Gasteiger charge is 2.16. The molecule has 0 radical (unpaired) electrons. The van der Waals surface area contributed by atoms with E-state index in [1.165, 1.54) is 16.7 Å². The molecule has 0 saturated heterocycles. The molecule has 1 aromatic carbocycles. The predicted molar refractivity (Wildman–Crippen MR) is 59.0 cm³/mol. The Morgan fingerprint density at radius 1 is 1.43 bits per heavy atom. The van der Waals surface area contributed by atoms with E-state index in [0.717, 1.165) is 12.8 Å². The zero-order valence-electron chi connectivity index (χ0n) is 8.53. The third-order valence-corrected chi connectivity index (χ3v) is 2.85. The first-order valence-electron chi connectivity index (χ1n) is 5.16. The van der Waals surface area contributed by atoms with Crippen molar-refractivity contribution in [2.75, 3.05) is 6.61 Å². The summed E-state index contributed by atoms with van der Waals surface area (Å²) >= 11 is 0. The van der Waals surface area contributed by atoms with Crippen LogP contribution in [0.2, 0.25) is 0 Å². The Hall–Kier alpha value is -1.08. The summed E-state index contributed by atoms with van der Waals surface area (Å²) in [6.07, 6.45) is 4.31. The minimum atomic E-state index is 0.311. The molecule has 1 aliphatic carbocycles. The van der Waals surface area contributed by atoms with E-state index >= 15 is 0 Å². The van der Waals surface area contributed by atoms with E-state index < -0.39 is 0 Å². The molecule has 0 saturated carbocycles. The molecule has 14 heavy (non-hydrogen) atoms. The lowest BCUT2D eigenvalue weighted by Gasteiger charge is -2.06. The number of hydrogen-bond acceptors (Lipinski definition) is 1. The molecule has 1 nitrogen and oxygen atoms in total. The van der Waals surface area contributed by atoms with Gasteiger partial charge in [0.25, 0.3) is 0 Å². The van der Waals surface area contributed by atoms with Crippen LogP contribution in [0.1, 0.15) is 24.0 Å². The maximum atomic E-state index is 9.05. The van der Waals surface area contributed by atoms with E-state index in [2.05, 4.69) is 37.3 Å². The largest absolute Gasteiger partial charge is 0.396 e. The summed E-state index contributed by atoms with van der Waals surface area (Å²) in [5.41, 5.74) is 4.02. The zero-order chi connectivity index (χ0) is 9.97. The van der Waals surface area contributed by atoms with Crippen molar-refractivity contribution >= 4 is 5.57 Å². The Kier molecular flexibility index (Phi) is 2.69. The molecule has 1 heteroatoms. The number of hydrogen-bond donors (Lipinski definition) is 1. The van der Waals surface area contributed by atoms with Gasteiger partial charge in [0.05, 0.1) is 0 Å². The van der Waals surface area contributed by atoms with Crippen LogP contribution in [0.3, 0.4) is 0 Å². The second-order valence-corrected chi connectivity index (χ2v) is 4.09. The molecule has 1 aliphatic rings. The average molecular weight is 188 g/mol. The van der Waals surface area contributed by atoms with E-state index in [-0.39, 0.29) is 0 Å². The van der Waals surface area contributed by atoms with Crippen LogP contribution >= 0.6 is 0 Å². The van der Waals surface area contributed by atoms with Crippen molar-refractivity contribution in [3.05, 3.63) is 41.5 Å². The topological polar surface area (TPSA) is 20.2 Å². The minimum absolute atomic E-state index is 0.311. The molecule has 0 bridgehead atoms. The van der Waals surface area contributed by atoms with Gasteiger partial charge in [-0.15, -0.1) is 0 Å². The Bertz CT molecular complexity index is 352. The molecule has 74 valence electrons. The highest BCUT2D eigenvalue weighted by Crippen LogP contribution is 2.31. The van der Waals surface area contributed by atoms with Crippen molar-refractivity contribution < 1.29 is 5.11 Å².